The lowest BCUT2D eigenvalue weighted by Gasteiger charge is -2.10. The lowest BCUT2D eigenvalue weighted by atomic mass is 10.1. The van der Waals surface area contributed by atoms with E-state index < -0.39 is 5.97 Å². The van der Waals surface area contributed by atoms with Crippen LogP contribution in [0.2, 0.25) is 0 Å². The number of imidazole rings is 1. The van der Waals surface area contributed by atoms with Crippen molar-refractivity contribution in [2.24, 2.45) is 0 Å². The number of esters is 1. The first-order chi connectivity index (χ1) is 15.6. The second-order valence-corrected chi connectivity index (χ2v) is 7.12. The second kappa shape index (κ2) is 8.07. The SMILES string of the molecule is CCOC(=O)c1cn2cc(-c3ccc4ncnc(Nc5cccc(F)c5)c4c3)ccc2n1. The molecule has 7 nitrogen and oxygen atoms in total. The molecular formula is C24H18FN5O2. The van der Waals surface area contributed by atoms with Gasteiger partial charge in [0.1, 0.15) is 23.6 Å². The van der Waals surface area contributed by atoms with E-state index in [4.69, 9.17) is 4.74 Å². The van der Waals surface area contributed by atoms with Gasteiger partial charge in [-0.05, 0) is 60.5 Å². The van der Waals surface area contributed by atoms with E-state index in [0.717, 1.165) is 22.0 Å². The molecular weight excluding hydrogens is 409 g/mol. The van der Waals surface area contributed by atoms with Gasteiger partial charge >= 0.3 is 5.97 Å². The van der Waals surface area contributed by atoms with Gasteiger partial charge in [0.05, 0.1) is 12.1 Å². The molecule has 0 aliphatic carbocycles. The highest BCUT2D eigenvalue weighted by Crippen LogP contribution is 2.29. The monoisotopic (exact) mass is 427 g/mol. The third kappa shape index (κ3) is 3.74. The molecule has 3 heterocycles. The molecule has 0 amide bonds. The molecule has 0 spiro atoms. The number of benzene rings is 2. The topological polar surface area (TPSA) is 81.4 Å². The van der Waals surface area contributed by atoms with Crippen LogP contribution < -0.4 is 5.32 Å². The number of halogens is 1. The minimum absolute atomic E-state index is 0.262. The number of hydrogen-bond donors (Lipinski definition) is 1. The maximum atomic E-state index is 13.6. The molecule has 32 heavy (non-hydrogen) atoms. The zero-order chi connectivity index (χ0) is 22.1. The predicted molar refractivity (Wildman–Crippen MR) is 119 cm³/mol. The molecule has 0 unspecified atom stereocenters. The molecule has 1 N–H and O–H groups in total. The maximum absolute atomic E-state index is 13.6. The number of fused-ring (bicyclic) bond motifs is 2. The van der Waals surface area contributed by atoms with E-state index in [1.165, 1.54) is 18.5 Å². The van der Waals surface area contributed by atoms with Crippen LogP contribution in [0.5, 0.6) is 0 Å². The lowest BCUT2D eigenvalue weighted by Crippen LogP contribution is -2.04. The van der Waals surface area contributed by atoms with Crippen LogP contribution in [0.3, 0.4) is 0 Å². The van der Waals surface area contributed by atoms with Crippen LogP contribution in [0.4, 0.5) is 15.9 Å². The number of carbonyl (C=O) groups is 1. The number of anilines is 2. The Labute approximate surface area is 182 Å². The molecule has 5 aromatic rings. The predicted octanol–water partition coefficient (Wildman–Crippen LogP) is 5.00. The van der Waals surface area contributed by atoms with E-state index in [1.54, 1.807) is 29.7 Å². The van der Waals surface area contributed by atoms with E-state index in [0.29, 0.717) is 23.8 Å². The van der Waals surface area contributed by atoms with Gasteiger partial charge < -0.3 is 14.5 Å². The molecule has 158 valence electrons. The molecule has 0 radical (unpaired) electrons. The van der Waals surface area contributed by atoms with Crippen molar-refractivity contribution in [2.75, 3.05) is 11.9 Å². The Morgan fingerprint density at radius 2 is 1.94 bits per heavy atom. The Balaban J connectivity index is 1.54. The van der Waals surface area contributed by atoms with E-state index >= 15 is 0 Å². The van der Waals surface area contributed by atoms with Gasteiger partial charge in [0.2, 0.25) is 0 Å². The van der Waals surface area contributed by atoms with Gasteiger partial charge in [0.15, 0.2) is 5.69 Å². The smallest absolute Gasteiger partial charge is 0.358 e. The number of pyridine rings is 1. The second-order valence-electron chi connectivity index (χ2n) is 7.12. The van der Waals surface area contributed by atoms with Crippen LogP contribution in [0.25, 0.3) is 27.7 Å². The van der Waals surface area contributed by atoms with Crippen molar-refractivity contribution in [1.29, 1.82) is 0 Å². The van der Waals surface area contributed by atoms with Crippen molar-refractivity contribution < 1.29 is 13.9 Å². The van der Waals surface area contributed by atoms with Crippen LogP contribution in [-0.2, 0) is 4.74 Å². The number of ether oxygens (including phenoxy) is 1. The maximum Gasteiger partial charge on any atom is 0.358 e. The average Bonchev–Trinajstić information content (AvgIpc) is 3.23. The van der Waals surface area contributed by atoms with Crippen LogP contribution in [0, 0.1) is 5.82 Å². The van der Waals surface area contributed by atoms with Crippen LogP contribution in [0.1, 0.15) is 17.4 Å². The summed E-state index contributed by atoms with van der Waals surface area (Å²) in [6, 6.07) is 15.8. The molecule has 0 atom stereocenters. The van der Waals surface area contributed by atoms with Gasteiger partial charge in [-0.3, -0.25) is 0 Å². The van der Waals surface area contributed by atoms with Gasteiger partial charge in [-0.25, -0.2) is 24.1 Å². The third-order valence-corrected chi connectivity index (χ3v) is 4.99. The van der Waals surface area contributed by atoms with Crippen molar-refractivity contribution in [3.63, 3.8) is 0 Å². The van der Waals surface area contributed by atoms with E-state index in [2.05, 4.69) is 20.3 Å². The molecule has 0 aliphatic rings. The number of carbonyl (C=O) groups excluding carboxylic acids is 1. The summed E-state index contributed by atoms with van der Waals surface area (Å²) in [5.41, 5.74) is 4.13. The highest BCUT2D eigenvalue weighted by molar-refractivity contribution is 5.94. The summed E-state index contributed by atoms with van der Waals surface area (Å²) in [4.78, 5) is 25.0. The normalized spacial score (nSPS) is 11.1. The molecule has 3 aromatic heterocycles. The summed E-state index contributed by atoms with van der Waals surface area (Å²) in [5.74, 6) is -0.200. The Morgan fingerprint density at radius 1 is 1.06 bits per heavy atom. The fourth-order valence-corrected chi connectivity index (χ4v) is 3.50. The largest absolute Gasteiger partial charge is 0.461 e. The first-order valence-corrected chi connectivity index (χ1v) is 10.0. The van der Waals surface area contributed by atoms with E-state index in [1.807, 2.05) is 36.5 Å². The fraction of sp³-hybridized carbons (Fsp3) is 0.0833. The molecule has 0 bridgehead atoms. The number of nitrogens with one attached hydrogen (secondary N) is 1. The van der Waals surface area contributed by atoms with Gasteiger partial charge in [-0.15, -0.1) is 0 Å². The van der Waals surface area contributed by atoms with Gasteiger partial charge in [0.25, 0.3) is 0 Å². The number of nitrogens with zero attached hydrogens (tertiary/aromatic N) is 4. The van der Waals surface area contributed by atoms with Crippen molar-refractivity contribution >= 4 is 34.0 Å². The number of aromatic nitrogens is 4. The van der Waals surface area contributed by atoms with Gasteiger partial charge in [-0.1, -0.05) is 12.1 Å². The Bertz CT molecular complexity index is 1460. The molecule has 0 fully saturated rings. The zero-order valence-corrected chi connectivity index (χ0v) is 17.1. The summed E-state index contributed by atoms with van der Waals surface area (Å²) in [5, 5.41) is 3.96. The molecule has 0 saturated heterocycles. The Kier molecular flexibility index (Phi) is 4.95. The standard InChI is InChI=1S/C24H18FN5O2/c1-2-32-24(31)21-13-30-12-16(7-9-22(30)29-21)15-6-8-20-19(10-15)23(27-14-26-20)28-18-5-3-4-17(25)11-18/h3-14H,2H2,1H3,(H,26,27,28). The lowest BCUT2D eigenvalue weighted by molar-refractivity contribution is 0.0520. The summed E-state index contributed by atoms with van der Waals surface area (Å²) < 4.78 is 20.4. The third-order valence-electron chi connectivity index (χ3n) is 4.99. The number of rotatable bonds is 5. The average molecular weight is 427 g/mol. The highest BCUT2D eigenvalue weighted by atomic mass is 19.1. The van der Waals surface area contributed by atoms with Crippen molar-refractivity contribution in [1.82, 2.24) is 19.4 Å². The first kappa shape index (κ1) is 19.6. The summed E-state index contributed by atoms with van der Waals surface area (Å²) in [6.45, 7) is 2.05. The summed E-state index contributed by atoms with van der Waals surface area (Å²) in [6.07, 6.45) is 5.02. The molecule has 0 saturated carbocycles. The van der Waals surface area contributed by atoms with E-state index in [9.17, 15) is 9.18 Å². The van der Waals surface area contributed by atoms with Crippen LogP contribution in [-0.4, -0.2) is 31.9 Å². The summed E-state index contributed by atoms with van der Waals surface area (Å²) >= 11 is 0. The molecule has 2 aromatic carbocycles. The molecule has 5 rings (SSSR count). The molecule has 8 heteroatoms. The minimum Gasteiger partial charge on any atom is -0.461 e. The van der Waals surface area contributed by atoms with Gasteiger partial charge in [0, 0.05) is 23.5 Å². The van der Waals surface area contributed by atoms with E-state index in [-0.39, 0.29) is 11.5 Å². The van der Waals surface area contributed by atoms with Crippen molar-refractivity contribution in [2.45, 2.75) is 6.92 Å². The molecule has 0 aliphatic heterocycles. The van der Waals surface area contributed by atoms with Gasteiger partial charge in [-0.2, -0.15) is 0 Å². The van der Waals surface area contributed by atoms with Crippen LogP contribution in [0.15, 0.2) is 73.3 Å². The quantitative estimate of drug-likeness (QED) is 0.398. The number of hydrogen-bond acceptors (Lipinski definition) is 6. The fourth-order valence-electron chi connectivity index (χ4n) is 3.50. The van der Waals surface area contributed by atoms with Crippen LogP contribution >= 0.6 is 0 Å². The Morgan fingerprint density at radius 3 is 2.78 bits per heavy atom. The van der Waals surface area contributed by atoms with Crippen molar-refractivity contribution in [3.8, 4) is 11.1 Å². The Hall–Kier alpha value is -4.33. The zero-order valence-electron chi connectivity index (χ0n) is 17.1. The summed E-state index contributed by atoms with van der Waals surface area (Å²) in [7, 11) is 0. The first-order valence-electron chi connectivity index (χ1n) is 10.0. The highest BCUT2D eigenvalue weighted by Gasteiger charge is 2.13. The van der Waals surface area contributed by atoms with Crippen molar-refractivity contribution in [3.05, 3.63) is 84.8 Å². The minimum atomic E-state index is -0.450.